The number of nitrogens with one attached hydrogen (secondary N) is 1. The standard InChI is InChI=1S/C8H4ClFN4O4S2/c9-3-1-4(7(15)16)6(10)5(2-3)20(17,18)12-8-11-13-14-19-8/h1-2H,(H,15,16)(H,11,12,14). The lowest BCUT2D eigenvalue weighted by molar-refractivity contribution is 0.0691. The number of hydrogen-bond donors (Lipinski definition) is 2. The highest BCUT2D eigenvalue weighted by molar-refractivity contribution is 7.93. The lowest BCUT2D eigenvalue weighted by Crippen LogP contribution is -2.16. The summed E-state index contributed by atoms with van der Waals surface area (Å²) < 4.78 is 43.1. The van der Waals surface area contributed by atoms with E-state index in [1.165, 1.54) is 0 Å². The van der Waals surface area contributed by atoms with Crippen LogP contribution in [0, 0.1) is 5.82 Å². The van der Waals surface area contributed by atoms with Crippen molar-refractivity contribution in [2.45, 2.75) is 4.90 Å². The van der Waals surface area contributed by atoms with Crippen molar-refractivity contribution < 1.29 is 22.7 Å². The van der Waals surface area contributed by atoms with E-state index >= 15 is 0 Å². The number of hydrogen-bond acceptors (Lipinski definition) is 7. The van der Waals surface area contributed by atoms with E-state index in [1.807, 2.05) is 4.72 Å². The Morgan fingerprint density at radius 1 is 1.45 bits per heavy atom. The summed E-state index contributed by atoms with van der Waals surface area (Å²) in [5.41, 5.74) is -0.853. The smallest absolute Gasteiger partial charge is 0.338 e. The SMILES string of the molecule is O=C(O)c1cc(Cl)cc(S(=O)(=O)Nc2nnns2)c1F. The first-order valence-corrected chi connectivity index (χ1v) is 7.35. The molecule has 0 aliphatic heterocycles. The molecular weight excluding hydrogens is 335 g/mol. The van der Waals surface area contributed by atoms with Gasteiger partial charge in [-0.3, -0.25) is 4.72 Å². The molecule has 0 atom stereocenters. The molecule has 0 radical (unpaired) electrons. The van der Waals surface area contributed by atoms with Gasteiger partial charge in [0, 0.05) is 16.6 Å². The van der Waals surface area contributed by atoms with Crippen LogP contribution in [0.1, 0.15) is 10.4 Å². The van der Waals surface area contributed by atoms with E-state index in [2.05, 4.69) is 14.8 Å². The van der Waals surface area contributed by atoms with Crippen LogP contribution in [0.5, 0.6) is 0 Å². The fourth-order valence-corrected chi connectivity index (χ4v) is 3.25. The number of anilines is 1. The van der Waals surface area contributed by atoms with Crippen LogP contribution in [-0.2, 0) is 10.0 Å². The summed E-state index contributed by atoms with van der Waals surface area (Å²) in [7, 11) is -4.40. The molecule has 2 aromatic rings. The van der Waals surface area contributed by atoms with Gasteiger partial charge in [0.1, 0.15) is 4.90 Å². The van der Waals surface area contributed by atoms with Gasteiger partial charge in [-0.25, -0.2) is 17.6 Å². The molecule has 8 nitrogen and oxygen atoms in total. The third-order valence-electron chi connectivity index (χ3n) is 2.04. The predicted octanol–water partition coefficient (Wildman–Crippen LogP) is 1.22. The summed E-state index contributed by atoms with van der Waals surface area (Å²) in [5, 5.41) is 14.9. The molecular formula is C8H4ClFN4O4S2. The zero-order valence-electron chi connectivity index (χ0n) is 9.24. The van der Waals surface area contributed by atoms with Crippen molar-refractivity contribution in [3.8, 4) is 0 Å². The summed E-state index contributed by atoms with van der Waals surface area (Å²) >= 11 is 6.22. The third kappa shape index (κ3) is 2.84. The molecule has 0 saturated carbocycles. The zero-order chi connectivity index (χ0) is 14.9. The minimum atomic E-state index is -4.40. The molecule has 0 saturated heterocycles. The van der Waals surface area contributed by atoms with Gasteiger partial charge in [-0.1, -0.05) is 21.2 Å². The van der Waals surface area contributed by atoms with E-state index in [4.69, 9.17) is 16.7 Å². The number of aromatic carboxylic acids is 1. The summed E-state index contributed by atoms with van der Waals surface area (Å²) in [6.07, 6.45) is 0. The number of carboxylic acid groups (broad SMARTS) is 1. The van der Waals surface area contributed by atoms with Crippen molar-refractivity contribution in [2.75, 3.05) is 4.72 Å². The molecule has 1 aromatic heterocycles. The van der Waals surface area contributed by atoms with Crippen LogP contribution in [0.3, 0.4) is 0 Å². The number of halogens is 2. The highest BCUT2D eigenvalue weighted by Crippen LogP contribution is 2.25. The molecule has 0 aliphatic carbocycles. The number of sulfonamides is 1. The first kappa shape index (κ1) is 14.6. The number of carboxylic acids is 1. The first-order valence-electron chi connectivity index (χ1n) is 4.71. The third-order valence-corrected chi connectivity index (χ3v) is 4.24. The molecule has 20 heavy (non-hydrogen) atoms. The molecule has 1 aromatic carbocycles. The average molecular weight is 339 g/mol. The van der Waals surface area contributed by atoms with Gasteiger partial charge in [0.05, 0.1) is 5.56 Å². The monoisotopic (exact) mass is 338 g/mol. The fourth-order valence-electron chi connectivity index (χ4n) is 1.26. The molecule has 0 bridgehead atoms. The Hall–Kier alpha value is -1.85. The van der Waals surface area contributed by atoms with E-state index in [-0.39, 0.29) is 10.2 Å². The van der Waals surface area contributed by atoms with Gasteiger partial charge in [-0.05, 0) is 17.3 Å². The van der Waals surface area contributed by atoms with Crippen molar-refractivity contribution in [3.05, 3.63) is 28.5 Å². The summed E-state index contributed by atoms with van der Waals surface area (Å²) in [6.45, 7) is 0. The molecule has 2 N–H and O–H groups in total. The van der Waals surface area contributed by atoms with Crippen LogP contribution < -0.4 is 4.72 Å². The quantitative estimate of drug-likeness (QED) is 0.859. The molecule has 0 fully saturated rings. The van der Waals surface area contributed by atoms with Gasteiger partial charge in [0.15, 0.2) is 5.82 Å². The summed E-state index contributed by atoms with van der Waals surface area (Å²) in [5.74, 6) is -3.06. The largest absolute Gasteiger partial charge is 0.478 e. The minimum absolute atomic E-state index is 0.193. The van der Waals surface area contributed by atoms with E-state index in [0.717, 1.165) is 12.1 Å². The molecule has 0 unspecified atom stereocenters. The van der Waals surface area contributed by atoms with Crippen LogP contribution in [0.25, 0.3) is 0 Å². The summed E-state index contributed by atoms with van der Waals surface area (Å²) in [6, 6.07) is 1.60. The van der Waals surface area contributed by atoms with E-state index in [0.29, 0.717) is 11.5 Å². The van der Waals surface area contributed by atoms with Gasteiger partial charge in [0.25, 0.3) is 10.0 Å². The van der Waals surface area contributed by atoms with Gasteiger partial charge in [0.2, 0.25) is 5.13 Å². The van der Waals surface area contributed by atoms with E-state index < -0.39 is 32.3 Å². The Labute approximate surface area is 120 Å². The average Bonchev–Trinajstić information content (AvgIpc) is 2.83. The highest BCUT2D eigenvalue weighted by Gasteiger charge is 2.26. The Bertz CT molecular complexity index is 765. The lowest BCUT2D eigenvalue weighted by atomic mass is 10.2. The van der Waals surface area contributed by atoms with Gasteiger partial charge in [-0.15, -0.1) is 0 Å². The number of aromatic nitrogens is 3. The molecule has 0 spiro atoms. The molecule has 0 amide bonds. The van der Waals surface area contributed by atoms with Gasteiger partial charge < -0.3 is 5.11 Å². The predicted molar refractivity (Wildman–Crippen MR) is 66.9 cm³/mol. The highest BCUT2D eigenvalue weighted by atomic mass is 35.5. The van der Waals surface area contributed by atoms with Crippen molar-refractivity contribution in [1.82, 2.24) is 14.8 Å². The normalized spacial score (nSPS) is 11.3. The molecule has 0 aliphatic rings. The number of nitrogens with zero attached hydrogens (tertiary/aromatic N) is 3. The molecule has 2 rings (SSSR count). The van der Waals surface area contributed by atoms with Gasteiger partial charge >= 0.3 is 5.97 Å². The Morgan fingerprint density at radius 2 is 2.15 bits per heavy atom. The Kier molecular flexibility index (Phi) is 3.83. The second kappa shape index (κ2) is 5.26. The second-order valence-electron chi connectivity index (χ2n) is 3.34. The Balaban J connectivity index is 2.54. The topological polar surface area (TPSA) is 122 Å². The number of rotatable bonds is 4. The lowest BCUT2D eigenvalue weighted by Gasteiger charge is -2.08. The van der Waals surface area contributed by atoms with Crippen molar-refractivity contribution in [3.63, 3.8) is 0 Å². The Morgan fingerprint density at radius 3 is 2.70 bits per heavy atom. The van der Waals surface area contributed by atoms with Gasteiger partial charge in [-0.2, -0.15) is 0 Å². The zero-order valence-corrected chi connectivity index (χ0v) is 11.6. The van der Waals surface area contributed by atoms with E-state index in [9.17, 15) is 17.6 Å². The van der Waals surface area contributed by atoms with Crippen molar-refractivity contribution >= 4 is 44.3 Å². The van der Waals surface area contributed by atoms with Crippen LogP contribution in [0.4, 0.5) is 9.52 Å². The second-order valence-corrected chi connectivity index (χ2v) is 6.16. The maximum absolute atomic E-state index is 13.9. The first-order chi connectivity index (χ1) is 9.31. The molecule has 12 heteroatoms. The molecule has 106 valence electrons. The van der Waals surface area contributed by atoms with Crippen LogP contribution in [0.15, 0.2) is 17.0 Å². The minimum Gasteiger partial charge on any atom is -0.478 e. The summed E-state index contributed by atoms with van der Waals surface area (Å²) in [4.78, 5) is 9.92. The maximum Gasteiger partial charge on any atom is 0.338 e. The maximum atomic E-state index is 13.9. The van der Waals surface area contributed by atoms with E-state index in [1.54, 1.807) is 0 Å². The van der Waals surface area contributed by atoms with Crippen LogP contribution in [-0.4, -0.2) is 34.3 Å². The van der Waals surface area contributed by atoms with Crippen LogP contribution in [0.2, 0.25) is 5.02 Å². The van der Waals surface area contributed by atoms with Crippen LogP contribution >= 0.6 is 23.1 Å². The fraction of sp³-hybridized carbons (Fsp3) is 0. The number of carbonyl (C=O) groups is 1. The van der Waals surface area contributed by atoms with Crippen molar-refractivity contribution in [1.29, 1.82) is 0 Å². The van der Waals surface area contributed by atoms with Crippen molar-refractivity contribution in [2.24, 2.45) is 0 Å². The molecule has 1 heterocycles. The number of benzene rings is 1.